The number of nitrogens with one attached hydrogen (secondary N) is 1. The molecule has 7 heteroatoms. The van der Waals surface area contributed by atoms with Crippen LogP contribution in [0.3, 0.4) is 0 Å². The third-order valence-electron chi connectivity index (χ3n) is 2.11. The first-order valence-corrected chi connectivity index (χ1v) is 5.23. The Bertz CT molecular complexity index is 292. The zero-order valence-corrected chi connectivity index (χ0v) is 10.2. The molecule has 0 spiro atoms. The normalized spacial score (nSPS) is 11.5. The lowest BCUT2D eigenvalue weighted by Crippen LogP contribution is -2.47. The molecule has 0 aliphatic heterocycles. The van der Waals surface area contributed by atoms with E-state index in [1.54, 1.807) is 0 Å². The van der Waals surface area contributed by atoms with Crippen molar-refractivity contribution in [2.24, 2.45) is 0 Å². The molecule has 2 N–H and O–H groups in total. The fraction of sp³-hybridized carbons (Fsp3) is 0.700. The van der Waals surface area contributed by atoms with Gasteiger partial charge in [0, 0.05) is 7.05 Å². The van der Waals surface area contributed by atoms with Crippen LogP contribution in [0.15, 0.2) is 0 Å². The number of likely N-dealkylation sites (N-methyl/N-ethyl adjacent to an activating group) is 1. The van der Waals surface area contributed by atoms with E-state index in [-0.39, 0.29) is 6.54 Å². The van der Waals surface area contributed by atoms with Crippen molar-refractivity contribution in [2.45, 2.75) is 25.8 Å². The molecule has 0 radical (unpaired) electrons. The van der Waals surface area contributed by atoms with Gasteiger partial charge in [-0.3, -0.25) is 4.79 Å². The number of nitrogens with zero attached hydrogens (tertiary/aromatic N) is 1. The molecule has 17 heavy (non-hydrogen) atoms. The molecule has 0 rings (SSSR count). The minimum Gasteiger partial charge on any atom is -0.480 e. The van der Waals surface area contributed by atoms with E-state index >= 15 is 0 Å². The fourth-order valence-corrected chi connectivity index (χ4v) is 1.14. The van der Waals surface area contributed by atoms with Crippen molar-refractivity contribution in [3.63, 3.8) is 0 Å². The first kappa shape index (κ1) is 15.2. The van der Waals surface area contributed by atoms with Crippen LogP contribution in [0.25, 0.3) is 0 Å². The molecule has 0 aliphatic rings. The molecule has 0 saturated carbocycles. The van der Waals surface area contributed by atoms with Gasteiger partial charge in [-0.05, 0) is 6.42 Å². The second kappa shape index (κ2) is 7.48. The van der Waals surface area contributed by atoms with Gasteiger partial charge in [-0.1, -0.05) is 13.3 Å². The van der Waals surface area contributed by atoms with Crippen LogP contribution in [0.2, 0.25) is 0 Å². The molecular formula is C10H18N2O5. The summed E-state index contributed by atoms with van der Waals surface area (Å²) in [5, 5.41) is 11.2. The van der Waals surface area contributed by atoms with Crippen molar-refractivity contribution in [3.05, 3.63) is 0 Å². The van der Waals surface area contributed by atoms with Crippen LogP contribution in [-0.4, -0.2) is 54.7 Å². The summed E-state index contributed by atoms with van der Waals surface area (Å²) in [6.45, 7) is 1.60. The van der Waals surface area contributed by atoms with Crippen molar-refractivity contribution >= 4 is 18.0 Å². The molecule has 1 unspecified atom stereocenters. The fourth-order valence-electron chi connectivity index (χ4n) is 1.14. The molecule has 7 nitrogen and oxygen atoms in total. The molecule has 1 atom stereocenters. The predicted octanol–water partition coefficient (Wildman–Crippen LogP) is 0.0541. The van der Waals surface area contributed by atoms with E-state index in [0.717, 1.165) is 4.90 Å². The van der Waals surface area contributed by atoms with E-state index in [2.05, 4.69) is 10.1 Å². The average molecular weight is 246 g/mol. The van der Waals surface area contributed by atoms with Gasteiger partial charge in [0.05, 0.1) is 7.11 Å². The van der Waals surface area contributed by atoms with E-state index in [9.17, 15) is 14.4 Å². The van der Waals surface area contributed by atoms with Gasteiger partial charge in [-0.25, -0.2) is 9.59 Å². The Morgan fingerprint density at radius 2 is 2.00 bits per heavy atom. The molecule has 0 bridgehead atoms. The average Bonchev–Trinajstić information content (AvgIpc) is 2.27. The second-order valence-corrected chi connectivity index (χ2v) is 3.56. The van der Waals surface area contributed by atoms with E-state index in [0.29, 0.717) is 12.8 Å². The van der Waals surface area contributed by atoms with Crippen LogP contribution < -0.4 is 5.32 Å². The smallest absolute Gasteiger partial charge is 0.326 e. The summed E-state index contributed by atoms with van der Waals surface area (Å²) in [6.07, 6.45) is 0.977. The lowest BCUT2D eigenvalue weighted by molar-refractivity contribution is -0.141. The maximum absolute atomic E-state index is 11.5. The molecule has 0 fully saturated rings. The number of carboxylic acids is 1. The summed E-state index contributed by atoms with van der Waals surface area (Å²) in [5.41, 5.74) is 0. The molecule has 0 aromatic heterocycles. The van der Waals surface area contributed by atoms with Gasteiger partial charge in [0.2, 0.25) is 0 Å². The zero-order chi connectivity index (χ0) is 13.4. The van der Waals surface area contributed by atoms with Gasteiger partial charge in [-0.15, -0.1) is 0 Å². The molecule has 0 aromatic rings. The Kier molecular flexibility index (Phi) is 6.69. The molecule has 0 aromatic carbocycles. The van der Waals surface area contributed by atoms with Crippen LogP contribution in [0.4, 0.5) is 4.79 Å². The summed E-state index contributed by atoms with van der Waals surface area (Å²) in [6, 6.07) is -1.55. The van der Waals surface area contributed by atoms with Crippen LogP contribution >= 0.6 is 0 Å². The largest absolute Gasteiger partial charge is 0.480 e. The predicted molar refractivity (Wildman–Crippen MR) is 59.5 cm³/mol. The van der Waals surface area contributed by atoms with Crippen LogP contribution in [0.1, 0.15) is 19.8 Å². The number of esters is 1. The molecule has 0 saturated heterocycles. The number of amides is 2. The maximum atomic E-state index is 11.5. The van der Waals surface area contributed by atoms with Gasteiger partial charge in [0.1, 0.15) is 12.6 Å². The Morgan fingerprint density at radius 1 is 1.41 bits per heavy atom. The first-order chi connectivity index (χ1) is 7.92. The number of carboxylic acid groups (broad SMARTS) is 1. The summed E-state index contributed by atoms with van der Waals surface area (Å²) >= 11 is 0. The van der Waals surface area contributed by atoms with Crippen molar-refractivity contribution in [3.8, 4) is 0 Å². The van der Waals surface area contributed by atoms with Crippen molar-refractivity contribution < 1.29 is 24.2 Å². The molecular weight excluding hydrogens is 228 g/mol. The SMILES string of the molecule is CCCC(NC(=O)N(C)CC(=O)OC)C(=O)O. The number of carbonyl (C=O) groups excluding carboxylic acids is 2. The molecule has 98 valence electrons. The number of rotatable bonds is 6. The van der Waals surface area contributed by atoms with Crippen molar-refractivity contribution in [1.82, 2.24) is 10.2 Å². The summed E-state index contributed by atoms with van der Waals surface area (Å²) in [5.74, 6) is -1.66. The summed E-state index contributed by atoms with van der Waals surface area (Å²) < 4.78 is 4.39. The minimum atomic E-state index is -1.09. The van der Waals surface area contributed by atoms with Gasteiger partial charge >= 0.3 is 18.0 Å². The quantitative estimate of drug-likeness (QED) is 0.646. The van der Waals surface area contributed by atoms with Crippen molar-refractivity contribution in [1.29, 1.82) is 0 Å². The van der Waals surface area contributed by atoms with E-state index in [1.165, 1.54) is 14.2 Å². The van der Waals surface area contributed by atoms with Crippen LogP contribution in [0, 0.1) is 0 Å². The van der Waals surface area contributed by atoms with Gasteiger partial charge < -0.3 is 20.1 Å². The molecule has 0 aliphatic carbocycles. The van der Waals surface area contributed by atoms with Crippen molar-refractivity contribution in [2.75, 3.05) is 20.7 Å². The Morgan fingerprint density at radius 3 is 2.41 bits per heavy atom. The Balaban J connectivity index is 4.30. The highest BCUT2D eigenvalue weighted by molar-refractivity contribution is 5.84. The van der Waals surface area contributed by atoms with E-state index in [1.807, 2.05) is 6.92 Å². The number of ether oxygens (including phenoxy) is 1. The van der Waals surface area contributed by atoms with E-state index < -0.39 is 24.0 Å². The van der Waals surface area contributed by atoms with E-state index in [4.69, 9.17) is 5.11 Å². The lowest BCUT2D eigenvalue weighted by Gasteiger charge is -2.20. The van der Waals surface area contributed by atoms with Gasteiger partial charge in [0.25, 0.3) is 0 Å². The first-order valence-electron chi connectivity index (χ1n) is 5.23. The van der Waals surface area contributed by atoms with Gasteiger partial charge in [0.15, 0.2) is 0 Å². The Labute approximate surface area is 99.7 Å². The van der Waals surface area contributed by atoms with Crippen LogP contribution in [0.5, 0.6) is 0 Å². The number of urea groups is 1. The third kappa shape index (κ3) is 5.74. The zero-order valence-electron chi connectivity index (χ0n) is 10.2. The number of hydrogen-bond acceptors (Lipinski definition) is 4. The van der Waals surface area contributed by atoms with Gasteiger partial charge in [-0.2, -0.15) is 0 Å². The third-order valence-corrected chi connectivity index (χ3v) is 2.11. The number of carbonyl (C=O) groups is 3. The number of aliphatic carboxylic acids is 1. The Hall–Kier alpha value is -1.79. The highest BCUT2D eigenvalue weighted by atomic mass is 16.5. The topological polar surface area (TPSA) is 95.9 Å². The lowest BCUT2D eigenvalue weighted by atomic mass is 10.2. The standard InChI is InChI=1S/C10H18N2O5/c1-4-5-7(9(14)15)11-10(16)12(2)6-8(13)17-3/h7H,4-6H2,1-3H3,(H,11,16)(H,14,15). The maximum Gasteiger partial charge on any atom is 0.326 e. The number of hydrogen-bond donors (Lipinski definition) is 2. The number of methoxy groups -OCH3 is 1. The minimum absolute atomic E-state index is 0.221. The highest BCUT2D eigenvalue weighted by Crippen LogP contribution is 1.98. The molecule has 2 amide bonds. The second-order valence-electron chi connectivity index (χ2n) is 3.56. The van der Waals surface area contributed by atoms with Crippen LogP contribution in [-0.2, 0) is 14.3 Å². The highest BCUT2D eigenvalue weighted by Gasteiger charge is 2.21. The molecule has 0 heterocycles. The summed E-state index contributed by atoms with van der Waals surface area (Å²) in [7, 11) is 2.60. The monoisotopic (exact) mass is 246 g/mol. The summed E-state index contributed by atoms with van der Waals surface area (Å²) in [4.78, 5) is 34.3.